The summed E-state index contributed by atoms with van der Waals surface area (Å²) >= 11 is 0. The molecule has 1 fully saturated rings. The molecular formula is C21H27N3O4. The zero-order valence-corrected chi connectivity index (χ0v) is 16.6. The Morgan fingerprint density at radius 3 is 2.07 bits per heavy atom. The average Bonchev–Trinajstić information content (AvgIpc) is 2.92. The minimum atomic E-state index is -0.881. The molecule has 4 amide bonds. The van der Waals surface area contributed by atoms with E-state index in [9.17, 15) is 19.2 Å². The molecule has 0 spiro atoms. The van der Waals surface area contributed by atoms with Gasteiger partial charge in [-0.25, -0.2) is 0 Å². The zero-order chi connectivity index (χ0) is 20.4. The molecule has 0 bridgehead atoms. The van der Waals surface area contributed by atoms with Crippen LogP contribution in [0.4, 0.5) is 0 Å². The van der Waals surface area contributed by atoms with Gasteiger partial charge in [0, 0.05) is 25.6 Å². The summed E-state index contributed by atoms with van der Waals surface area (Å²) in [6.45, 7) is 6.82. The highest BCUT2D eigenvalue weighted by molar-refractivity contribution is 6.22. The minimum absolute atomic E-state index is 0.0618. The van der Waals surface area contributed by atoms with E-state index < -0.39 is 17.9 Å². The van der Waals surface area contributed by atoms with Gasteiger partial charge in [0.25, 0.3) is 11.8 Å². The lowest BCUT2D eigenvalue weighted by atomic mass is 10.0. The standard InChI is InChI=1S/C21H27N3O4/c1-13(2)12-18(25)23-10-8-15(9-11-23)22-19(26)14(3)24-20(27)16-6-4-5-7-17(16)21(24)28/h4-7,13-15H,8-12H2,1-3H3,(H,22,26). The maximum atomic E-state index is 12.7. The third-order valence-electron chi connectivity index (χ3n) is 5.37. The van der Waals surface area contributed by atoms with Gasteiger partial charge in [-0.15, -0.1) is 0 Å². The first-order valence-electron chi connectivity index (χ1n) is 9.84. The summed E-state index contributed by atoms with van der Waals surface area (Å²) < 4.78 is 0. The lowest BCUT2D eigenvalue weighted by Crippen LogP contribution is -2.53. The van der Waals surface area contributed by atoms with Crippen LogP contribution in [0.1, 0.15) is 60.7 Å². The Hall–Kier alpha value is -2.70. The average molecular weight is 385 g/mol. The van der Waals surface area contributed by atoms with Crippen LogP contribution in [0.15, 0.2) is 24.3 Å². The van der Waals surface area contributed by atoms with Gasteiger partial charge in [-0.2, -0.15) is 0 Å². The van der Waals surface area contributed by atoms with E-state index in [1.807, 2.05) is 18.7 Å². The summed E-state index contributed by atoms with van der Waals surface area (Å²) in [6.07, 6.45) is 1.88. The van der Waals surface area contributed by atoms with E-state index in [1.54, 1.807) is 31.2 Å². The van der Waals surface area contributed by atoms with Crippen molar-refractivity contribution in [1.82, 2.24) is 15.1 Å². The second kappa shape index (κ2) is 8.12. The van der Waals surface area contributed by atoms with Crippen LogP contribution in [0.5, 0.6) is 0 Å². The van der Waals surface area contributed by atoms with E-state index in [4.69, 9.17) is 0 Å². The number of likely N-dealkylation sites (tertiary alicyclic amines) is 1. The Bertz CT molecular complexity index is 762. The number of carbonyl (C=O) groups excluding carboxylic acids is 4. The Labute approximate surface area is 165 Å². The fourth-order valence-corrected chi connectivity index (χ4v) is 3.75. The lowest BCUT2D eigenvalue weighted by Gasteiger charge is -2.34. The number of hydrogen-bond donors (Lipinski definition) is 1. The first-order valence-corrected chi connectivity index (χ1v) is 9.84. The van der Waals surface area contributed by atoms with Crippen molar-refractivity contribution in [3.05, 3.63) is 35.4 Å². The maximum Gasteiger partial charge on any atom is 0.262 e. The molecule has 3 rings (SSSR count). The molecule has 1 atom stereocenters. The van der Waals surface area contributed by atoms with Gasteiger partial charge in [0.05, 0.1) is 11.1 Å². The SMILES string of the molecule is CC(C)CC(=O)N1CCC(NC(=O)C(C)N2C(=O)c3ccccc3C2=O)CC1. The van der Waals surface area contributed by atoms with Crippen LogP contribution in [0.25, 0.3) is 0 Å². The summed E-state index contributed by atoms with van der Waals surface area (Å²) in [4.78, 5) is 52.8. The van der Waals surface area contributed by atoms with Crippen LogP contribution in [0.2, 0.25) is 0 Å². The molecule has 7 nitrogen and oxygen atoms in total. The third-order valence-corrected chi connectivity index (χ3v) is 5.37. The summed E-state index contributed by atoms with van der Waals surface area (Å²) in [6, 6.07) is 5.66. The first kappa shape index (κ1) is 20.0. The molecular weight excluding hydrogens is 358 g/mol. The van der Waals surface area contributed by atoms with Gasteiger partial charge < -0.3 is 10.2 Å². The number of benzene rings is 1. The van der Waals surface area contributed by atoms with Crippen molar-refractivity contribution in [2.45, 2.75) is 52.1 Å². The van der Waals surface area contributed by atoms with Crippen molar-refractivity contribution < 1.29 is 19.2 Å². The van der Waals surface area contributed by atoms with Crippen molar-refractivity contribution in [3.8, 4) is 0 Å². The largest absolute Gasteiger partial charge is 0.351 e. The molecule has 28 heavy (non-hydrogen) atoms. The number of rotatable bonds is 5. The molecule has 0 radical (unpaired) electrons. The number of nitrogens with one attached hydrogen (secondary N) is 1. The van der Waals surface area contributed by atoms with Crippen molar-refractivity contribution in [2.24, 2.45) is 5.92 Å². The second-order valence-electron chi connectivity index (χ2n) is 7.96. The van der Waals surface area contributed by atoms with Crippen LogP contribution in [-0.4, -0.2) is 58.6 Å². The first-order chi connectivity index (χ1) is 13.3. The van der Waals surface area contributed by atoms with Gasteiger partial charge in [-0.05, 0) is 37.8 Å². The van der Waals surface area contributed by atoms with Crippen LogP contribution < -0.4 is 5.32 Å². The van der Waals surface area contributed by atoms with Crippen molar-refractivity contribution in [3.63, 3.8) is 0 Å². The van der Waals surface area contributed by atoms with Gasteiger partial charge in [0.2, 0.25) is 11.8 Å². The number of nitrogens with zero attached hydrogens (tertiary/aromatic N) is 2. The van der Waals surface area contributed by atoms with Crippen molar-refractivity contribution in [1.29, 1.82) is 0 Å². The van der Waals surface area contributed by atoms with Crippen LogP contribution in [0.3, 0.4) is 0 Å². The molecule has 0 aromatic heterocycles. The third kappa shape index (κ3) is 3.93. The summed E-state index contributed by atoms with van der Waals surface area (Å²) in [5.74, 6) is -0.735. The summed E-state index contributed by atoms with van der Waals surface area (Å²) in [7, 11) is 0. The number of carbonyl (C=O) groups is 4. The predicted molar refractivity (Wildman–Crippen MR) is 104 cm³/mol. The van der Waals surface area contributed by atoms with Crippen LogP contribution >= 0.6 is 0 Å². The number of hydrogen-bond acceptors (Lipinski definition) is 4. The summed E-state index contributed by atoms with van der Waals surface area (Å²) in [5.41, 5.74) is 0.674. The molecule has 1 unspecified atom stereocenters. The molecule has 7 heteroatoms. The van der Waals surface area contributed by atoms with E-state index in [0.29, 0.717) is 49.4 Å². The monoisotopic (exact) mass is 385 g/mol. The molecule has 1 saturated heterocycles. The highest BCUT2D eigenvalue weighted by Gasteiger charge is 2.41. The number of fused-ring (bicyclic) bond motifs is 1. The quantitative estimate of drug-likeness (QED) is 0.784. The van der Waals surface area contributed by atoms with Gasteiger partial charge in [0.15, 0.2) is 0 Å². The molecule has 0 saturated carbocycles. The summed E-state index contributed by atoms with van der Waals surface area (Å²) in [5, 5.41) is 2.94. The number of piperidine rings is 1. The van der Waals surface area contributed by atoms with E-state index in [1.165, 1.54) is 0 Å². The molecule has 150 valence electrons. The topological polar surface area (TPSA) is 86.8 Å². The zero-order valence-electron chi connectivity index (χ0n) is 16.6. The van der Waals surface area contributed by atoms with Gasteiger partial charge in [-0.1, -0.05) is 26.0 Å². The number of amides is 4. The Morgan fingerprint density at radius 2 is 1.57 bits per heavy atom. The van der Waals surface area contributed by atoms with E-state index >= 15 is 0 Å². The van der Waals surface area contributed by atoms with E-state index in [-0.39, 0.29) is 17.9 Å². The van der Waals surface area contributed by atoms with Crippen molar-refractivity contribution >= 4 is 23.6 Å². The van der Waals surface area contributed by atoms with Crippen LogP contribution in [0, 0.1) is 5.92 Å². The predicted octanol–water partition coefficient (Wildman–Crippen LogP) is 1.82. The molecule has 1 aromatic carbocycles. The Balaban J connectivity index is 1.56. The van der Waals surface area contributed by atoms with E-state index in [2.05, 4.69) is 5.32 Å². The molecule has 2 aliphatic heterocycles. The highest BCUT2D eigenvalue weighted by Crippen LogP contribution is 2.24. The van der Waals surface area contributed by atoms with E-state index in [0.717, 1.165) is 4.90 Å². The highest BCUT2D eigenvalue weighted by atomic mass is 16.2. The second-order valence-corrected chi connectivity index (χ2v) is 7.96. The number of imide groups is 1. The maximum absolute atomic E-state index is 12.7. The fraction of sp³-hybridized carbons (Fsp3) is 0.524. The normalized spacial score (nSPS) is 18.4. The van der Waals surface area contributed by atoms with Gasteiger partial charge in [-0.3, -0.25) is 24.1 Å². The lowest BCUT2D eigenvalue weighted by molar-refractivity contribution is -0.133. The smallest absolute Gasteiger partial charge is 0.262 e. The van der Waals surface area contributed by atoms with Crippen LogP contribution in [-0.2, 0) is 9.59 Å². The molecule has 2 aliphatic rings. The Morgan fingerprint density at radius 1 is 1.04 bits per heavy atom. The van der Waals surface area contributed by atoms with Gasteiger partial charge in [0.1, 0.15) is 6.04 Å². The molecule has 1 N–H and O–H groups in total. The molecule has 0 aliphatic carbocycles. The molecule has 2 heterocycles. The van der Waals surface area contributed by atoms with Gasteiger partial charge >= 0.3 is 0 Å². The fourth-order valence-electron chi connectivity index (χ4n) is 3.75. The van der Waals surface area contributed by atoms with Crippen molar-refractivity contribution in [2.75, 3.05) is 13.1 Å². The molecule has 1 aromatic rings. The Kier molecular flexibility index (Phi) is 5.82. The minimum Gasteiger partial charge on any atom is -0.351 e.